The van der Waals surface area contributed by atoms with Gasteiger partial charge in [-0.3, -0.25) is 14.6 Å². The zero-order valence-electron chi connectivity index (χ0n) is 17.2. The molecule has 164 valence electrons. The molecule has 0 aliphatic rings. The van der Waals surface area contributed by atoms with E-state index >= 15 is 0 Å². The molecule has 0 aliphatic heterocycles. The van der Waals surface area contributed by atoms with Crippen LogP contribution in [0, 0.1) is 0 Å². The van der Waals surface area contributed by atoms with Gasteiger partial charge in [-0.1, -0.05) is 36.4 Å². The molecule has 0 aliphatic carbocycles. The third-order valence-corrected chi connectivity index (χ3v) is 7.64. The van der Waals surface area contributed by atoms with Crippen LogP contribution in [0.15, 0.2) is 76.5 Å². The fraction of sp³-hybridized carbons (Fsp3) is 0.0909. The molecule has 3 aromatic carbocycles. The first-order valence-corrected chi connectivity index (χ1v) is 12.8. The molecular weight excluding hydrogens is 450 g/mol. The quantitative estimate of drug-likeness (QED) is 0.415. The lowest BCUT2D eigenvalue weighted by molar-refractivity contribution is 0.101. The van der Waals surface area contributed by atoms with Crippen LogP contribution < -0.4 is 4.72 Å². The van der Waals surface area contributed by atoms with Gasteiger partial charge in [-0.2, -0.15) is 5.10 Å². The maximum absolute atomic E-state index is 13.0. The molecule has 32 heavy (non-hydrogen) atoms. The van der Waals surface area contributed by atoms with Crippen molar-refractivity contribution >= 4 is 42.2 Å². The summed E-state index contributed by atoms with van der Waals surface area (Å²) in [5.41, 5.74) is 2.86. The Kier molecular flexibility index (Phi) is 5.35. The molecule has 8 nitrogen and oxygen atoms in total. The van der Waals surface area contributed by atoms with E-state index in [0.717, 1.165) is 11.8 Å². The molecule has 10 heteroatoms. The number of carbonyl (C=O) groups excluding carboxylic acids is 1. The van der Waals surface area contributed by atoms with Crippen molar-refractivity contribution in [3.05, 3.63) is 72.3 Å². The molecule has 4 aromatic rings. The minimum atomic E-state index is -4.17. The van der Waals surface area contributed by atoms with Crippen LogP contribution in [0.25, 0.3) is 22.2 Å². The number of sulfonamides is 1. The van der Waals surface area contributed by atoms with Crippen molar-refractivity contribution in [3.8, 4) is 11.3 Å². The van der Waals surface area contributed by atoms with Crippen LogP contribution in [0.4, 0.5) is 5.69 Å². The average Bonchev–Trinajstić information content (AvgIpc) is 3.16. The minimum Gasteiger partial charge on any atom is -0.295 e. The van der Waals surface area contributed by atoms with E-state index in [2.05, 4.69) is 14.9 Å². The third kappa shape index (κ3) is 4.14. The lowest BCUT2D eigenvalue weighted by atomic mass is 10.0. The Morgan fingerprint density at radius 2 is 1.56 bits per heavy atom. The van der Waals surface area contributed by atoms with Crippen molar-refractivity contribution in [2.45, 2.75) is 16.7 Å². The molecule has 0 saturated carbocycles. The SMILES string of the molecule is CC(=O)c1ccc(-c2n[nH]c3ccc(NS(=O)(=O)c4ccccc4S(C)(=O)=O)cc23)cc1. The molecule has 1 aromatic heterocycles. The van der Waals surface area contributed by atoms with Gasteiger partial charge in [-0.25, -0.2) is 16.8 Å². The van der Waals surface area contributed by atoms with Gasteiger partial charge >= 0.3 is 0 Å². The lowest BCUT2D eigenvalue weighted by Crippen LogP contribution is -2.16. The molecule has 0 atom stereocenters. The molecule has 0 radical (unpaired) electrons. The van der Waals surface area contributed by atoms with E-state index in [1.54, 1.807) is 42.5 Å². The number of sulfone groups is 1. The van der Waals surface area contributed by atoms with Crippen LogP contribution in [0.3, 0.4) is 0 Å². The third-order valence-electron chi connectivity index (χ3n) is 4.92. The van der Waals surface area contributed by atoms with Crippen LogP contribution in [0.5, 0.6) is 0 Å². The number of nitrogens with zero attached hydrogens (tertiary/aromatic N) is 1. The molecule has 0 unspecified atom stereocenters. The molecule has 0 spiro atoms. The Bertz CT molecular complexity index is 1550. The van der Waals surface area contributed by atoms with Gasteiger partial charge in [0.05, 0.1) is 16.1 Å². The normalized spacial score (nSPS) is 12.1. The minimum absolute atomic E-state index is 0.0468. The smallest absolute Gasteiger partial charge is 0.263 e. The highest BCUT2D eigenvalue weighted by Crippen LogP contribution is 2.30. The predicted molar refractivity (Wildman–Crippen MR) is 122 cm³/mol. The van der Waals surface area contributed by atoms with Crippen molar-refractivity contribution in [1.82, 2.24) is 10.2 Å². The van der Waals surface area contributed by atoms with Crippen molar-refractivity contribution < 1.29 is 21.6 Å². The number of nitrogens with one attached hydrogen (secondary N) is 2. The Morgan fingerprint density at radius 1 is 0.906 bits per heavy atom. The topological polar surface area (TPSA) is 126 Å². The summed E-state index contributed by atoms with van der Waals surface area (Å²) in [7, 11) is -7.91. The maximum Gasteiger partial charge on any atom is 0.263 e. The predicted octanol–water partition coefficient (Wildman–Crippen LogP) is 3.64. The average molecular weight is 470 g/mol. The molecule has 0 saturated heterocycles. The summed E-state index contributed by atoms with van der Waals surface area (Å²) < 4.78 is 52.5. The highest BCUT2D eigenvalue weighted by Gasteiger charge is 2.24. The molecular formula is C22H19N3O5S2. The fourth-order valence-electron chi connectivity index (χ4n) is 3.35. The van der Waals surface area contributed by atoms with Gasteiger partial charge in [0.1, 0.15) is 4.90 Å². The number of ketones is 1. The number of Topliss-reactive ketones (excluding diaryl/α,β-unsaturated/α-hetero) is 1. The van der Waals surface area contributed by atoms with Gasteiger partial charge in [0.2, 0.25) is 0 Å². The van der Waals surface area contributed by atoms with E-state index < -0.39 is 19.9 Å². The summed E-state index contributed by atoms with van der Waals surface area (Å²) in [5.74, 6) is -0.0468. The summed E-state index contributed by atoms with van der Waals surface area (Å²) in [6.07, 6.45) is 0.961. The van der Waals surface area contributed by atoms with Gasteiger partial charge in [0, 0.05) is 28.5 Å². The summed E-state index contributed by atoms with van der Waals surface area (Å²) in [6.45, 7) is 1.49. The number of carbonyl (C=O) groups is 1. The molecule has 1 heterocycles. The molecule has 0 bridgehead atoms. The number of H-pyrrole nitrogens is 1. The zero-order valence-corrected chi connectivity index (χ0v) is 18.8. The summed E-state index contributed by atoms with van der Waals surface area (Å²) in [6, 6.07) is 17.2. The summed E-state index contributed by atoms with van der Waals surface area (Å²) in [5, 5.41) is 7.88. The van der Waals surface area contributed by atoms with E-state index in [1.165, 1.54) is 31.2 Å². The number of anilines is 1. The highest BCUT2D eigenvalue weighted by molar-refractivity contribution is 7.95. The van der Waals surface area contributed by atoms with Crippen LogP contribution in [-0.2, 0) is 19.9 Å². The second kappa shape index (κ2) is 7.88. The molecule has 0 amide bonds. The maximum atomic E-state index is 13.0. The fourth-order valence-corrected chi connectivity index (χ4v) is 6.03. The summed E-state index contributed by atoms with van der Waals surface area (Å²) >= 11 is 0. The first-order chi connectivity index (χ1) is 15.1. The zero-order chi connectivity index (χ0) is 23.1. The van der Waals surface area contributed by atoms with Crippen LogP contribution in [-0.4, -0.2) is 39.1 Å². The standard InChI is InChI=1S/C22H19N3O5S2/c1-14(26)15-7-9-16(10-8-15)22-18-13-17(11-12-19(18)23-24-22)25-32(29,30)21-6-4-3-5-20(21)31(2,27)28/h3-13,25H,1-2H3,(H,23,24). The molecule has 2 N–H and O–H groups in total. The first kappa shape index (κ1) is 21.7. The van der Waals surface area contributed by atoms with Crippen molar-refractivity contribution in [3.63, 3.8) is 0 Å². The van der Waals surface area contributed by atoms with Crippen molar-refractivity contribution in [2.24, 2.45) is 0 Å². The number of aromatic nitrogens is 2. The lowest BCUT2D eigenvalue weighted by Gasteiger charge is -2.11. The number of aromatic amines is 1. The van der Waals surface area contributed by atoms with Gasteiger partial charge in [-0.15, -0.1) is 0 Å². The molecule has 4 rings (SSSR count). The Morgan fingerprint density at radius 3 is 2.19 bits per heavy atom. The number of fused-ring (bicyclic) bond motifs is 1. The number of hydrogen-bond donors (Lipinski definition) is 2. The number of rotatable bonds is 6. The highest BCUT2D eigenvalue weighted by atomic mass is 32.2. The van der Waals surface area contributed by atoms with Crippen molar-refractivity contribution in [1.29, 1.82) is 0 Å². The Labute approximate surface area is 185 Å². The van der Waals surface area contributed by atoms with Gasteiger partial charge in [0.25, 0.3) is 10.0 Å². The van der Waals surface area contributed by atoms with Gasteiger partial charge in [0.15, 0.2) is 15.6 Å². The first-order valence-electron chi connectivity index (χ1n) is 9.48. The number of benzene rings is 3. The van der Waals surface area contributed by atoms with Crippen LogP contribution >= 0.6 is 0 Å². The van der Waals surface area contributed by atoms with Gasteiger partial charge in [-0.05, 0) is 37.3 Å². The van der Waals surface area contributed by atoms with E-state index in [1.807, 2.05) is 0 Å². The molecule has 0 fully saturated rings. The second-order valence-corrected chi connectivity index (χ2v) is 10.9. The van der Waals surface area contributed by atoms with E-state index in [4.69, 9.17) is 0 Å². The van der Waals surface area contributed by atoms with Crippen LogP contribution in [0.2, 0.25) is 0 Å². The Hall–Kier alpha value is -3.50. The van der Waals surface area contributed by atoms with Crippen LogP contribution in [0.1, 0.15) is 17.3 Å². The second-order valence-electron chi connectivity index (χ2n) is 7.29. The Balaban J connectivity index is 1.74. The largest absolute Gasteiger partial charge is 0.295 e. The monoisotopic (exact) mass is 469 g/mol. The number of hydrogen-bond acceptors (Lipinski definition) is 6. The van der Waals surface area contributed by atoms with Crippen molar-refractivity contribution in [2.75, 3.05) is 11.0 Å². The van der Waals surface area contributed by atoms with Gasteiger partial charge < -0.3 is 0 Å². The van der Waals surface area contributed by atoms with E-state index in [9.17, 15) is 21.6 Å². The summed E-state index contributed by atoms with van der Waals surface area (Å²) in [4.78, 5) is 10.9. The van der Waals surface area contributed by atoms with E-state index in [0.29, 0.717) is 22.2 Å². The van der Waals surface area contributed by atoms with E-state index in [-0.39, 0.29) is 21.3 Å².